The first-order valence-electron chi connectivity index (χ1n) is 7.60. The second-order valence-electron chi connectivity index (χ2n) is 6.11. The number of methoxy groups -OCH3 is 1. The molecule has 1 amide bonds. The summed E-state index contributed by atoms with van der Waals surface area (Å²) in [6.45, 7) is 5.67. The van der Waals surface area contributed by atoms with E-state index < -0.39 is 23.7 Å². The highest BCUT2D eigenvalue weighted by atomic mass is 35.5. The minimum absolute atomic E-state index is 0.279. The molecule has 1 unspecified atom stereocenters. The van der Waals surface area contributed by atoms with Crippen molar-refractivity contribution in [2.45, 2.75) is 38.8 Å². The third kappa shape index (κ3) is 7.55. The smallest absolute Gasteiger partial charge is 0.408 e. The molecule has 0 saturated carbocycles. The summed E-state index contributed by atoms with van der Waals surface area (Å²) in [5.74, 6) is 0.559. The number of amides is 1. The van der Waals surface area contributed by atoms with E-state index in [2.05, 4.69) is 5.32 Å². The van der Waals surface area contributed by atoms with Gasteiger partial charge in [0.15, 0.2) is 0 Å². The summed E-state index contributed by atoms with van der Waals surface area (Å²) in [6, 6.07) is 6.36. The van der Waals surface area contributed by atoms with Crippen LogP contribution >= 0.6 is 11.6 Å². The highest BCUT2D eigenvalue weighted by molar-refractivity contribution is 6.18. The number of carbonyl (C=O) groups is 2. The SMILES string of the molecule is COC(=O)C(Cc1ccc(OCCCl)cc1)NC(=O)OC(C)(C)C. The minimum atomic E-state index is -0.834. The first kappa shape index (κ1) is 20.1. The molecule has 0 aliphatic heterocycles. The fraction of sp³-hybridized carbons (Fsp3) is 0.529. The van der Waals surface area contributed by atoms with Gasteiger partial charge in [-0.3, -0.25) is 0 Å². The predicted octanol–water partition coefficient (Wildman–Crippen LogP) is 2.91. The fourth-order valence-electron chi connectivity index (χ4n) is 1.90. The van der Waals surface area contributed by atoms with E-state index in [9.17, 15) is 9.59 Å². The molecule has 0 aromatic heterocycles. The number of hydrogen-bond acceptors (Lipinski definition) is 5. The molecule has 1 aromatic carbocycles. The van der Waals surface area contributed by atoms with Crippen LogP contribution in [0, 0.1) is 0 Å². The van der Waals surface area contributed by atoms with E-state index in [0.717, 1.165) is 5.56 Å². The molecule has 6 nitrogen and oxygen atoms in total. The van der Waals surface area contributed by atoms with Gasteiger partial charge in [-0.25, -0.2) is 9.59 Å². The van der Waals surface area contributed by atoms with E-state index in [-0.39, 0.29) is 6.42 Å². The van der Waals surface area contributed by atoms with Crippen molar-refractivity contribution in [3.8, 4) is 5.75 Å². The van der Waals surface area contributed by atoms with E-state index in [0.29, 0.717) is 18.2 Å². The topological polar surface area (TPSA) is 73.9 Å². The lowest BCUT2D eigenvalue weighted by molar-refractivity contribution is -0.143. The molecule has 0 radical (unpaired) electrons. The fourth-order valence-corrected chi connectivity index (χ4v) is 1.98. The molecule has 1 rings (SSSR count). The van der Waals surface area contributed by atoms with Gasteiger partial charge >= 0.3 is 12.1 Å². The number of hydrogen-bond donors (Lipinski definition) is 1. The van der Waals surface area contributed by atoms with Crippen molar-refractivity contribution in [1.29, 1.82) is 0 Å². The molecule has 0 aliphatic rings. The van der Waals surface area contributed by atoms with Gasteiger partial charge in [0, 0.05) is 6.42 Å². The van der Waals surface area contributed by atoms with E-state index in [1.807, 2.05) is 12.1 Å². The van der Waals surface area contributed by atoms with Gasteiger partial charge in [0.25, 0.3) is 0 Å². The van der Waals surface area contributed by atoms with Crippen molar-refractivity contribution in [3.63, 3.8) is 0 Å². The Hall–Kier alpha value is -1.95. The van der Waals surface area contributed by atoms with Crippen molar-refractivity contribution in [2.75, 3.05) is 19.6 Å². The van der Waals surface area contributed by atoms with Gasteiger partial charge in [0.1, 0.15) is 24.0 Å². The second-order valence-corrected chi connectivity index (χ2v) is 6.49. The molecule has 0 bridgehead atoms. The van der Waals surface area contributed by atoms with Gasteiger partial charge in [-0.1, -0.05) is 12.1 Å². The monoisotopic (exact) mass is 357 g/mol. The van der Waals surface area contributed by atoms with Gasteiger partial charge in [0.2, 0.25) is 0 Å². The van der Waals surface area contributed by atoms with Crippen molar-refractivity contribution in [1.82, 2.24) is 5.32 Å². The molecule has 0 fully saturated rings. The lowest BCUT2D eigenvalue weighted by atomic mass is 10.1. The van der Waals surface area contributed by atoms with Gasteiger partial charge in [-0.15, -0.1) is 11.6 Å². The zero-order valence-electron chi connectivity index (χ0n) is 14.4. The molecule has 1 N–H and O–H groups in total. The Morgan fingerprint density at radius 3 is 2.33 bits per heavy atom. The minimum Gasteiger partial charge on any atom is -0.492 e. The van der Waals surface area contributed by atoms with Crippen LogP contribution in [0.15, 0.2) is 24.3 Å². The molecular weight excluding hydrogens is 334 g/mol. The number of nitrogens with one attached hydrogen (secondary N) is 1. The van der Waals surface area contributed by atoms with Gasteiger partial charge in [0.05, 0.1) is 13.0 Å². The molecule has 0 saturated heterocycles. The van der Waals surface area contributed by atoms with Crippen LogP contribution in [-0.4, -0.2) is 43.3 Å². The quantitative estimate of drug-likeness (QED) is 0.600. The lowest BCUT2D eigenvalue weighted by Crippen LogP contribution is -2.45. The Morgan fingerprint density at radius 2 is 1.83 bits per heavy atom. The second kappa shape index (κ2) is 9.37. The molecule has 7 heteroatoms. The van der Waals surface area contributed by atoms with Crippen molar-refractivity contribution in [3.05, 3.63) is 29.8 Å². The predicted molar refractivity (Wildman–Crippen MR) is 91.5 cm³/mol. The van der Waals surface area contributed by atoms with Crippen molar-refractivity contribution < 1.29 is 23.8 Å². The lowest BCUT2D eigenvalue weighted by Gasteiger charge is -2.22. The van der Waals surface area contributed by atoms with Crippen LogP contribution in [0.1, 0.15) is 26.3 Å². The van der Waals surface area contributed by atoms with E-state index in [1.54, 1.807) is 32.9 Å². The average molecular weight is 358 g/mol. The van der Waals surface area contributed by atoms with Gasteiger partial charge < -0.3 is 19.5 Å². The Bertz CT molecular complexity index is 539. The number of rotatable bonds is 7. The summed E-state index contributed by atoms with van der Waals surface area (Å²) in [5.41, 5.74) is 0.200. The number of carbonyl (C=O) groups excluding carboxylic acids is 2. The highest BCUT2D eigenvalue weighted by Crippen LogP contribution is 2.14. The summed E-state index contributed by atoms with van der Waals surface area (Å²) in [7, 11) is 1.27. The van der Waals surface area contributed by atoms with Crippen molar-refractivity contribution >= 4 is 23.7 Å². The molecule has 0 heterocycles. The Morgan fingerprint density at radius 1 is 1.21 bits per heavy atom. The van der Waals surface area contributed by atoms with E-state index in [1.165, 1.54) is 7.11 Å². The maximum Gasteiger partial charge on any atom is 0.408 e. The van der Waals surface area contributed by atoms with Crippen LogP contribution in [0.5, 0.6) is 5.75 Å². The summed E-state index contributed by atoms with van der Waals surface area (Å²) in [6.07, 6.45) is -0.387. The normalized spacial score (nSPS) is 12.2. The first-order chi connectivity index (χ1) is 11.2. The number of halogens is 1. The summed E-state index contributed by atoms with van der Waals surface area (Å²) < 4.78 is 15.3. The maximum absolute atomic E-state index is 11.9. The van der Waals surface area contributed by atoms with Crippen LogP contribution < -0.4 is 10.1 Å². The highest BCUT2D eigenvalue weighted by Gasteiger charge is 2.25. The Labute approximate surface area is 147 Å². The number of alkyl halides is 1. The summed E-state index contributed by atoms with van der Waals surface area (Å²) in [5, 5.41) is 2.54. The number of esters is 1. The average Bonchev–Trinajstić information content (AvgIpc) is 2.51. The largest absolute Gasteiger partial charge is 0.492 e. The number of benzene rings is 1. The van der Waals surface area contributed by atoms with Crippen LogP contribution in [0.4, 0.5) is 4.79 Å². The number of ether oxygens (including phenoxy) is 3. The van der Waals surface area contributed by atoms with E-state index in [4.69, 9.17) is 25.8 Å². The molecule has 0 spiro atoms. The van der Waals surface area contributed by atoms with Crippen molar-refractivity contribution in [2.24, 2.45) is 0 Å². The Kier molecular flexibility index (Phi) is 7.85. The molecule has 1 aromatic rings. The molecule has 134 valence electrons. The van der Waals surface area contributed by atoms with Crippen LogP contribution in [0.25, 0.3) is 0 Å². The van der Waals surface area contributed by atoms with Crippen LogP contribution in [-0.2, 0) is 20.7 Å². The third-order valence-corrected chi connectivity index (χ3v) is 3.04. The molecule has 1 atom stereocenters. The summed E-state index contributed by atoms with van der Waals surface area (Å²) in [4.78, 5) is 23.8. The first-order valence-corrected chi connectivity index (χ1v) is 8.13. The van der Waals surface area contributed by atoms with Crippen LogP contribution in [0.3, 0.4) is 0 Å². The zero-order valence-corrected chi connectivity index (χ0v) is 15.2. The molecule has 0 aliphatic carbocycles. The van der Waals surface area contributed by atoms with E-state index >= 15 is 0 Å². The van der Waals surface area contributed by atoms with Gasteiger partial charge in [-0.2, -0.15) is 0 Å². The molecular formula is C17H24ClNO5. The third-order valence-electron chi connectivity index (χ3n) is 2.89. The van der Waals surface area contributed by atoms with Gasteiger partial charge in [-0.05, 0) is 38.5 Å². The van der Waals surface area contributed by atoms with Crippen LogP contribution in [0.2, 0.25) is 0 Å². The summed E-state index contributed by atoms with van der Waals surface area (Å²) >= 11 is 5.57. The zero-order chi connectivity index (χ0) is 18.2. The molecule has 24 heavy (non-hydrogen) atoms. The number of alkyl carbamates (subject to hydrolysis) is 1. The maximum atomic E-state index is 11.9. The Balaban J connectivity index is 2.72. The standard InChI is InChI=1S/C17H24ClNO5/c1-17(2,3)24-16(21)19-14(15(20)22-4)11-12-5-7-13(8-6-12)23-10-9-18/h5-8,14H,9-11H2,1-4H3,(H,19,21).